The number of terminal acetylenes is 1. The highest BCUT2D eigenvalue weighted by atomic mass is 16.5. The van der Waals surface area contributed by atoms with Gasteiger partial charge in [-0.3, -0.25) is 14.6 Å². The molecule has 0 aliphatic rings. The van der Waals surface area contributed by atoms with E-state index in [1.54, 1.807) is 48.5 Å². The van der Waals surface area contributed by atoms with Crippen molar-refractivity contribution >= 4 is 17.5 Å². The highest BCUT2D eigenvalue weighted by molar-refractivity contribution is 6.04. The van der Waals surface area contributed by atoms with Crippen molar-refractivity contribution in [1.29, 1.82) is 0 Å². The summed E-state index contributed by atoms with van der Waals surface area (Å²) >= 11 is 0. The molecule has 3 rings (SSSR count). The third kappa shape index (κ3) is 4.79. The molecule has 0 saturated heterocycles. The van der Waals surface area contributed by atoms with E-state index in [9.17, 15) is 9.59 Å². The SMILES string of the molecule is C#Cc1cc(C(=O)Nc2ccc(Oc3ccnc(C(=O)NC)c3)cc2)ccc1C. The van der Waals surface area contributed by atoms with E-state index in [1.807, 2.05) is 13.0 Å². The Hall–Kier alpha value is -4.11. The van der Waals surface area contributed by atoms with Gasteiger partial charge in [-0.2, -0.15) is 0 Å². The Balaban J connectivity index is 1.68. The Morgan fingerprint density at radius 2 is 1.76 bits per heavy atom. The highest BCUT2D eigenvalue weighted by Gasteiger charge is 2.09. The topological polar surface area (TPSA) is 80.3 Å². The molecule has 6 nitrogen and oxygen atoms in total. The molecule has 1 heterocycles. The molecule has 0 atom stereocenters. The number of carbonyl (C=O) groups excluding carboxylic acids is 2. The largest absolute Gasteiger partial charge is 0.457 e. The summed E-state index contributed by atoms with van der Waals surface area (Å²) < 4.78 is 5.75. The minimum absolute atomic E-state index is 0.250. The first kappa shape index (κ1) is 19.6. The molecule has 1 aromatic heterocycles. The van der Waals surface area contributed by atoms with Gasteiger partial charge < -0.3 is 15.4 Å². The zero-order valence-electron chi connectivity index (χ0n) is 16.0. The van der Waals surface area contributed by atoms with Crippen LogP contribution in [0.15, 0.2) is 60.8 Å². The van der Waals surface area contributed by atoms with Crippen LogP contribution in [0, 0.1) is 19.3 Å². The molecule has 0 unspecified atom stereocenters. The van der Waals surface area contributed by atoms with Crippen LogP contribution >= 0.6 is 0 Å². The number of pyridine rings is 1. The van der Waals surface area contributed by atoms with Crippen molar-refractivity contribution in [3.05, 3.63) is 83.2 Å². The zero-order valence-corrected chi connectivity index (χ0v) is 16.0. The fourth-order valence-electron chi connectivity index (χ4n) is 2.59. The molecule has 3 aromatic rings. The molecule has 0 aliphatic carbocycles. The van der Waals surface area contributed by atoms with Crippen LogP contribution in [0.25, 0.3) is 0 Å². The zero-order chi connectivity index (χ0) is 20.8. The highest BCUT2D eigenvalue weighted by Crippen LogP contribution is 2.23. The molecule has 2 aromatic carbocycles. The summed E-state index contributed by atoms with van der Waals surface area (Å²) in [6.45, 7) is 1.90. The maximum Gasteiger partial charge on any atom is 0.269 e. The quantitative estimate of drug-likeness (QED) is 0.655. The molecular weight excluding hydrogens is 366 g/mol. The minimum Gasteiger partial charge on any atom is -0.457 e. The average molecular weight is 385 g/mol. The summed E-state index contributed by atoms with van der Waals surface area (Å²) in [6, 6.07) is 15.3. The van der Waals surface area contributed by atoms with E-state index in [0.717, 1.165) is 5.56 Å². The lowest BCUT2D eigenvalue weighted by Crippen LogP contribution is -2.18. The predicted octanol–water partition coefficient (Wildman–Crippen LogP) is 3.78. The van der Waals surface area contributed by atoms with Gasteiger partial charge in [-0.1, -0.05) is 12.0 Å². The Bertz CT molecular complexity index is 1100. The maximum atomic E-state index is 12.4. The predicted molar refractivity (Wildman–Crippen MR) is 111 cm³/mol. The van der Waals surface area contributed by atoms with Gasteiger partial charge in [0.15, 0.2) is 0 Å². The summed E-state index contributed by atoms with van der Waals surface area (Å²) in [4.78, 5) is 28.1. The number of aryl methyl sites for hydroxylation is 1. The third-order valence-electron chi connectivity index (χ3n) is 4.19. The van der Waals surface area contributed by atoms with E-state index in [4.69, 9.17) is 11.2 Å². The van der Waals surface area contributed by atoms with E-state index in [-0.39, 0.29) is 17.5 Å². The molecule has 0 bridgehead atoms. The molecule has 0 spiro atoms. The lowest BCUT2D eigenvalue weighted by molar-refractivity contribution is 0.0957. The van der Waals surface area contributed by atoms with Crippen molar-refractivity contribution in [3.8, 4) is 23.8 Å². The van der Waals surface area contributed by atoms with Gasteiger partial charge in [0.2, 0.25) is 0 Å². The van der Waals surface area contributed by atoms with Gasteiger partial charge >= 0.3 is 0 Å². The van der Waals surface area contributed by atoms with Crippen LogP contribution in [0.2, 0.25) is 0 Å². The molecule has 6 heteroatoms. The number of benzene rings is 2. The molecule has 2 amide bonds. The number of nitrogens with one attached hydrogen (secondary N) is 2. The van der Waals surface area contributed by atoms with Crippen molar-refractivity contribution in [2.75, 3.05) is 12.4 Å². The van der Waals surface area contributed by atoms with Crippen LogP contribution in [0.1, 0.15) is 32.0 Å². The number of rotatable bonds is 5. The van der Waals surface area contributed by atoms with Crippen LogP contribution < -0.4 is 15.4 Å². The monoisotopic (exact) mass is 385 g/mol. The molecule has 2 N–H and O–H groups in total. The molecule has 144 valence electrons. The van der Waals surface area contributed by atoms with Crippen LogP contribution in [0.4, 0.5) is 5.69 Å². The molecule has 0 fully saturated rings. The second-order valence-corrected chi connectivity index (χ2v) is 6.21. The Morgan fingerprint density at radius 1 is 1.00 bits per heavy atom. The Kier molecular flexibility index (Phi) is 5.91. The summed E-state index contributed by atoms with van der Waals surface area (Å²) in [7, 11) is 1.54. The van der Waals surface area contributed by atoms with E-state index in [1.165, 1.54) is 13.2 Å². The van der Waals surface area contributed by atoms with E-state index in [2.05, 4.69) is 21.5 Å². The average Bonchev–Trinajstić information content (AvgIpc) is 2.75. The first-order valence-electron chi connectivity index (χ1n) is 8.85. The van der Waals surface area contributed by atoms with Crippen molar-refractivity contribution in [3.63, 3.8) is 0 Å². The first-order valence-corrected chi connectivity index (χ1v) is 8.85. The van der Waals surface area contributed by atoms with Crippen LogP contribution in [-0.4, -0.2) is 23.8 Å². The second-order valence-electron chi connectivity index (χ2n) is 6.21. The fraction of sp³-hybridized carbons (Fsp3) is 0.0870. The van der Waals surface area contributed by atoms with Crippen LogP contribution in [-0.2, 0) is 0 Å². The van der Waals surface area contributed by atoms with Crippen molar-refractivity contribution in [1.82, 2.24) is 10.3 Å². The molecule has 0 radical (unpaired) electrons. The van der Waals surface area contributed by atoms with Gasteiger partial charge in [0.25, 0.3) is 11.8 Å². The van der Waals surface area contributed by atoms with Gasteiger partial charge in [-0.15, -0.1) is 6.42 Å². The number of amides is 2. The van der Waals surface area contributed by atoms with Gasteiger partial charge in [0, 0.05) is 36.1 Å². The fourth-order valence-corrected chi connectivity index (χ4v) is 2.59. The maximum absolute atomic E-state index is 12.4. The third-order valence-corrected chi connectivity index (χ3v) is 4.19. The number of ether oxygens (including phenoxy) is 1. The number of hydrogen-bond donors (Lipinski definition) is 2. The van der Waals surface area contributed by atoms with E-state index in [0.29, 0.717) is 28.3 Å². The normalized spacial score (nSPS) is 9.97. The molecular formula is C23H19N3O3. The molecule has 29 heavy (non-hydrogen) atoms. The molecule has 0 aliphatic heterocycles. The lowest BCUT2D eigenvalue weighted by Gasteiger charge is -2.09. The van der Waals surface area contributed by atoms with Crippen molar-refractivity contribution in [2.45, 2.75) is 6.92 Å². The Morgan fingerprint density at radius 3 is 2.45 bits per heavy atom. The van der Waals surface area contributed by atoms with Gasteiger partial charge in [0.05, 0.1) is 0 Å². The van der Waals surface area contributed by atoms with E-state index < -0.39 is 0 Å². The summed E-state index contributed by atoms with van der Waals surface area (Å²) in [6.07, 6.45) is 6.96. The van der Waals surface area contributed by atoms with Gasteiger partial charge in [0.1, 0.15) is 17.2 Å². The number of hydrogen-bond acceptors (Lipinski definition) is 4. The number of anilines is 1. The first-order chi connectivity index (χ1) is 14.0. The molecule has 0 saturated carbocycles. The van der Waals surface area contributed by atoms with Gasteiger partial charge in [-0.05, 0) is 55.0 Å². The number of aromatic nitrogens is 1. The smallest absolute Gasteiger partial charge is 0.269 e. The van der Waals surface area contributed by atoms with Crippen LogP contribution in [0.5, 0.6) is 11.5 Å². The summed E-state index contributed by atoms with van der Waals surface area (Å²) in [5.41, 5.74) is 3.00. The van der Waals surface area contributed by atoms with Crippen molar-refractivity contribution in [2.24, 2.45) is 0 Å². The van der Waals surface area contributed by atoms with Crippen molar-refractivity contribution < 1.29 is 14.3 Å². The second kappa shape index (κ2) is 8.72. The van der Waals surface area contributed by atoms with Gasteiger partial charge in [-0.25, -0.2) is 0 Å². The number of carbonyl (C=O) groups is 2. The van der Waals surface area contributed by atoms with Crippen LogP contribution in [0.3, 0.4) is 0 Å². The number of nitrogens with zero attached hydrogens (tertiary/aromatic N) is 1. The minimum atomic E-state index is -0.294. The summed E-state index contributed by atoms with van der Waals surface area (Å²) in [5, 5.41) is 5.34. The standard InChI is InChI=1S/C23H19N3O3/c1-4-16-13-17(6-5-15(16)2)22(27)26-18-7-9-19(10-8-18)29-20-11-12-25-21(14-20)23(28)24-3/h1,5-14H,2-3H3,(H,24,28)(H,26,27). The summed E-state index contributed by atoms with van der Waals surface area (Å²) in [5.74, 6) is 3.07. The lowest BCUT2D eigenvalue weighted by atomic mass is 10.1. The Labute approximate surface area is 168 Å². The van der Waals surface area contributed by atoms with E-state index >= 15 is 0 Å².